The Kier molecular flexibility index (Phi) is 6.40. The minimum Gasteiger partial charge on any atom is -0.481 e. The van der Waals surface area contributed by atoms with E-state index >= 15 is 0 Å². The fraction of sp³-hybridized carbons (Fsp3) is 0.188. The zero-order valence-corrected chi connectivity index (χ0v) is 15.5. The van der Waals surface area contributed by atoms with Gasteiger partial charge in [0.25, 0.3) is 0 Å². The van der Waals surface area contributed by atoms with Crippen LogP contribution in [-0.4, -0.2) is 38.6 Å². The van der Waals surface area contributed by atoms with Gasteiger partial charge in [0.05, 0.1) is 26.0 Å². The third-order valence-corrected chi connectivity index (χ3v) is 3.92. The minimum absolute atomic E-state index is 0.130. The fourth-order valence-corrected chi connectivity index (χ4v) is 2.72. The van der Waals surface area contributed by atoms with Crippen LogP contribution >= 0.6 is 0 Å². The lowest BCUT2D eigenvalue weighted by atomic mass is 10.2. The number of methoxy groups -OCH3 is 2. The normalized spacial score (nSPS) is 10.2. The van der Waals surface area contributed by atoms with Crippen LogP contribution in [0.3, 0.4) is 0 Å². The summed E-state index contributed by atoms with van der Waals surface area (Å²) in [4.78, 5) is 19.7. The quantitative estimate of drug-likeness (QED) is 0.633. The van der Waals surface area contributed by atoms with Crippen LogP contribution in [0.15, 0.2) is 30.3 Å². The van der Waals surface area contributed by atoms with Crippen LogP contribution in [0.2, 0.25) is 0 Å². The summed E-state index contributed by atoms with van der Waals surface area (Å²) in [5, 5.41) is 2.19. The molecule has 0 unspecified atom stereocenters. The molecule has 0 aliphatic heterocycles. The standard InChI is InChI=1S/C16H17N5O5S/c1-4-7-11-8-5-6-9-12(11)20-27(23,24)21-16(22)19-15-17-13(25-2)10-14(18-15)26-3/h5-6,8-10,20H,1-3H3,(H2,17,18,19,21,22). The Morgan fingerprint density at radius 3 is 2.33 bits per heavy atom. The van der Waals surface area contributed by atoms with Crippen LogP contribution in [0.1, 0.15) is 12.5 Å². The van der Waals surface area contributed by atoms with Crippen molar-refractivity contribution in [2.75, 3.05) is 24.3 Å². The van der Waals surface area contributed by atoms with Gasteiger partial charge in [0.15, 0.2) is 0 Å². The van der Waals surface area contributed by atoms with Gasteiger partial charge in [0.2, 0.25) is 17.7 Å². The highest BCUT2D eigenvalue weighted by molar-refractivity contribution is 7.91. The Bertz CT molecular complexity index is 975. The van der Waals surface area contributed by atoms with E-state index in [4.69, 9.17) is 9.47 Å². The second kappa shape index (κ2) is 8.72. The molecule has 0 aliphatic rings. The fourth-order valence-electron chi connectivity index (χ4n) is 1.90. The zero-order chi connectivity index (χ0) is 19.9. The van der Waals surface area contributed by atoms with Crippen molar-refractivity contribution in [2.45, 2.75) is 6.92 Å². The van der Waals surface area contributed by atoms with Crippen molar-refractivity contribution in [1.29, 1.82) is 0 Å². The Morgan fingerprint density at radius 2 is 1.74 bits per heavy atom. The van der Waals surface area contributed by atoms with Gasteiger partial charge in [-0.1, -0.05) is 18.1 Å². The van der Waals surface area contributed by atoms with Crippen LogP contribution in [-0.2, 0) is 10.2 Å². The first-order valence-electron chi connectivity index (χ1n) is 7.47. The number of aromatic nitrogens is 2. The Morgan fingerprint density at radius 1 is 1.11 bits per heavy atom. The van der Waals surface area contributed by atoms with Crippen molar-refractivity contribution < 1.29 is 22.7 Å². The van der Waals surface area contributed by atoms with E-state index in [2.05, 4.69) is 31.8 Å². The lowest BCUT2D eigenvalue weighted by Gasteiger charge is -2.11. The van der Waals surface area contributed by atoms with E-state index in [0.29, 0.717) is 5.56 Å². The summed E-state index contributed by atoms with van der Waals surface area (Å²) in [6, 6.07) is 6.84. The van der Waals surface area contributed by atoms with Crippen molar-refractivity contribution in [3.8, 4) is 23.6 Å². The van der Waals surface area contributed by atoms with E-state index < -0.39 is 16.2 Å². The third kappa shape index (κ3) is 5.75. The maximum Gasteiger partial charge on any atom is 0.336 e. The lowest BCUT2D eigenvalue weighted by Crippen LogP contribution is -2.38. The first-order valence-corrected chi connectivity index (χ1v) is 8.95. The molecule has 0 atom stereocenters. The molecule has 2 rings (SSSR count). The van der Waals surface area contributed by atoms with Gasteiger partial charge in [0, 0.05) is 5.56 Å². The number of hydrogen-bond donors (Lipinski definition) is 3. The Labute approximate surface area is 156 Å². The Hall–Kier alpha value is -3.52. The maximum atomic E-state index is 12.2. The maximum absolute atomic E-state index is 12.2. The van der Waals surface area contributed by atoms with Crippen LogP contribution in [0.25, 0.3) is 0 Å². The second-order valence-electron chi connectivity index (χ2n) is 4.86. The van der Waals surface area contributed by atoms with Gasteiger partial charge in [-0.2, -0.15) is 18.4 Å². The molecule has 10 nitrogen and oxygen atoms in total. The molecule has 0 bridgehead atoms. The number of rotatable bonds is 6. The van der Waals surface area contributed by atoms with Gasteiger partial charge in [-0.15, -0.1) is 5.92 Å². The molecule has 1 heterocycles. The van der Waals surface area contributed by atoms with Gasteiger partial charge in [-0.3, -0.25) is 10.0 Å². The van der Waals surface area contributed by atoms with Crippen LogP contribution in [0.4, 0.5) is 16.4 Å². The highest BCUT2D eigenvalue weighted by atomic mass is 32.2. The van der Waals surface area contributed by atoms with Crippen LogP contribution in [0.5, 0.6) is 11.8 Å². The summed E-state index contributed by atoms with van der Waals surface area (Å²) in [5.41, 5.74) is 0.693. The molecule has 0 aliphatic carbocycles. The molecule has 27 heavy (non-hydrogen) atoms. The predicted octanol–water partition coefficient (Wildman–Crippen LogP) is 1.34. The number of amides is 2. The van der Waals surface area contributed by atoms with Gasteiger partial charge >= 0.3 is 16.2 Å². The van der Waals surface area contributed by atoms with E-state index in [1.54, 1.807) is 29.8 Å². The van der Waals surface area contributed by atoms with Gasteiger partial charge in [-0.05, 0) is 19.1 Å². The summed E-state index contributed by atoms with van der Waals surface area (Å²) in [6.07, 6.45) is 0. The number of nitrogens with zero attached hydrogens (tertiary/aromatic N) is 2. The largest absolute Gasteiger partial charge is 0.481 e. The summed E-state index contributed by atoms with van der Waals surface area (Å²) in [6.45, 7) is 1.62. The zero-order valence-electron chi connectivity index (χ0n) is 14.7. The molecule has 142 valence electrons. The molecule has 1 aromatic heterocycles. The third-order valence-electron chi connectivity index (χ3n) is 2.98. The average molecular weight is 391 g/mol. The predicted molar refractivity (Wildman–Crippen MR) is 98.8 cm³/mol. The summed E-state index contributed by atoms with van der Waals surface area (Å²) in [5.74, 6) is 5.51. The van der Waals surface area contributed by atoms with E-state index in [9.17, 15) is 13.2 Å². The molecule has 11 heteroatoms. The van der Waals surface area contributed by atoms with Gasteiger partial charge in [0.1, 0.15) is 0 Å². The SMILES string of the molecule is CC#Cc1ccccc1NS(=O)(=O)NC(=O)Nc1nc(OC)cc(OC)n1. The first kappa shape index (κ1) is 19.8. The molecular weight excluding hydrogens is 374 g/mol. The number of anilines is 2. The number of ether oxygens (including phenoxy) is 2. The van der Waals surface area contributed by atoms with E-state index in [-0.39, 0.29) is 23.4 Å². The first-order chi connectivity index (χ1) is 12.9. The number of carbonyl (C=O) groups excluding carboxylic acids is 1. The molecule has 1 aromatic carbocycles. The van der Waals surface area contributed by atoms with Crippen molar-refractivity contribution >= 4 is 27.9 Å². The van der Waals surface area contributed by atoms with Crippen LogP contribution < -0.4 is 24.2 Å². The molecule has 2 aromatic rings. The minimum atomic E-state index is -4.22. The summed E-state index contributed by atoms with van der Waals surface area (Å²) >= 11 is 0. The van der Waals surface area contributed by atoms with Crippen molar-refractivity contribution in [2.24, 2.45) is 0 Å². The van der Waals surface area contributed by atoms with Gasteiger partial charge in [-0.25, -0.2) is 9.52 Å². The topological polar surface area (TPSA) is 132 Å². The Balaban J connectivity index is 2.12. The lowest BCUT2D eigenvalue weighted by molar-refractivity contribution is 0.256. The number of hydrogen-bond acceptors (Lipinski definition) is 7. The van der Waals surface area contributed by atoms with Gasteiger partial charge < -0.3 is 9.47 Å². The highest BCUT2D eigenvalue weighted by Gasteiger charge is 2.17. The smallest absolute Gasteiger partial charge is 0.336 e. The van der Waals surface area contributed by atoms with Crippen molar-refractivity contribution in [3.63, 3.8) is 0 Å². The van der Waals surface area contributed by atoms with Crippen LogP contribution in [0, 0.1) is 11.8 Å². The molecule has 0 radical (unpaired) electrons. The molecule has 0 saturated heterocycles. The number of benzene rings is 1. The van der Waals surface area contributed by atoms with E-state index in [0.717, 1.165) is 0 Å². The molecule has 0 fully saturated rings. The molecule has 0 spiro atoms. The number of carbonyl (C=O) groups is 1. The van der Waals surface area contributed by atoms with E-state index in [1.165, 1.54) is 26.4 Å². The second-order valence-corrected chi connectivity index (χ2v) is 6.27. The highest BCUT2D eigenvalue weighted by Crippen LogP contribution is 2.17. The van der Waals surface area contributed by atoms with Crippen molar-refractivity contribution in [3.05, 3.63) is 35.9 Å². The summed E-state index contributed by atoms with van der Waals surface area (Å²) in [7, 11) is -1.48. The average Bonchev–Trinajstić information content (AvgIpc) is 2.62. The monoisotopic (exact) mass is 391 g/mol. The number of para-hydroxylation sites is 1. The molecule has 0 saturated carbocycles. The number of urea groups is 1. The summed E-state index contributed by atoms with van der Waals surface area (Å²) < 4.78 is 38.3. The molecule has 2 amide bonds. The molecular formula is C16H17N5O5S. The molecule has 3 N–H and O–H groups in total. The number of nitrogens with one attached hydrogen (secondary N) is 3. The van der Waals surface area contributed by atoms with Crippen molar-refractivity contribution in [1.82, 2.24) is 14.7 Å². The van der Waals surface area contributed by atoms with E-state index in [1.807, 2.05) is 0 Å².